The van der Waals surface area contributed by atoms with E-state index in [1.54, 1.807) is 37.6 Å². The highest BCUT2D eigenvalue weighted by molar-refractivity contribution is 5.36. The zero-order valence-corrected chi connectivity index (χ0v) is 9.81. The van der Waals surface area contributed by atoms with Crippen molar-refractivity contribution >= 4 is 5.82 Å². The lowest BCUT2D eigenvalue weighted by atomic mass is 10.1. The molecule has 0 aliphatic carbocycles. The first-order valence-corrected chi connectivity index (χ1v) is 5.45. The molecule has 0 radical (unpaired) electrons. The Morgan fingerprint density at radius 2 is 2.12 bits per heavy atom. The van der Waals surface area contributed by atoms with E-state index in [0.29, 0.717) is 11.4 Å². The number of halogens is 1. The highest BCUT2D eigenvalue weighted by Crippen LogP contribution is 2.19. The van der Waals surface area contributed by atoms with Crippen molar-refractivity contribution < 1.29 is 4.39 Å². The van der Waals surface area contributed by atoms with E-state index in [9.17, 15) is 4.39 Å². The van der Waals surface area contributed by atoms with E-state index in [1.807, 2.05) is 13.0 Å². The summed E-state index contributed by atoms with van der Waals surface area (Å²) in [5, 5.41) is 3.16. The monoisotopic (exact) mass is 231 g/mol. The maximum Gasteiger partial charge on any atom is 0.144 e. The van der Waals surface area contributed by atoms with Crippen LogP contribution in [0.1, 0.15) is 24.1 Å². The highest BCUT2D eigenvalue weighted by atomic mass is 19.1. The van der Waals surface area contributed by atoms with Gasteiger partial charge in [0.2, 0.25) is 0 Å². The second-order valence-corrected chi connectivity index (χ2v) is 3.97. The molecule has 2 aromatic rings. The number of rotatable bonds is 3. The van der Waals surface area contributed by atoms with E-state index in [4.69, 9.17) is 0 Å². The summed E-state index contributed by atoms with van der Waals surface area (Å²) in [4.78, 5) is 8.08. The van der Waals surface area contributed by atoms with Crippen molar-refractivity contribution in [2.45, 2.75) is 19.9 Å². The molecule has 1 aromatic heterocycles. The fourth-order valence-corrected chi connectivity index (χ4v) is 1.56. The van der Waals surface area contributed by atoms with Crippen LogP contribution in [0.4, 0.5) is 10.2 Å². The summed E-state index contributed by atoms with van der Waals surface area (Å²) < 4.78 is 13.4. The Kier molecular flexibility index (Phi) is 3.32. The quantitative estimate of drug-likeness (QED) is 0.882. The second kappa shape index (κ2) is 4.91. The van der Waals surface area contributed by atoms with Crippen LogP contribution in [0.5, 0.6) is 0 Å². The average molecular weight is 231 g/mol. The van der Waals surface area contributed by atoms with Gasteiger partial charge in [-0.25, -0.2) is 9.37 Å². The highest BCUT2D eigenvalue weighted by Gasteiger charge is 2.08. The van der Waals surface area contributed by atoms with Gasteiger partial charge in [0.1, 0.15) is 11.6 Å². The first-order valence-electron chi connectivity index (χ1n) is 5.45. The molecule has 1 unspecified atom stereocenters. The Bertz CT molecular complexity index is 499. The largest absolute Gasteiger partial charge is 0.362 e. The fourth-order valence-electron chi connectivity index (χ4n) is 1.56. The molecule has 88 valence electrons. The van der Waals surface area contributed by atoms with Gasteiger partial charge in [-0.15, -0.1) is 0 Å². The summed E-state index contributed by atoms with van der Waals surface area (Å²) in [6.45, 7) is 3.71. The Labute approximate surface area is 99.7 Å². The van der Waals surface area contributed by atoms with Crippen LogP contribution in [0.2, 0.25) is 0 Å². The van der Waals surface area contributed by atoms with Crippen LogP contribution < -0.4 is 5.32 Å². The molecule has 0 saturated carbocycles. The van der Waals surface area contributed by atoms with E-state index >= 15 is 0 Å². The number of hydrogen-bond donors (Lipinski definition) is 1. The molecule has 0 spiro atoms. The number of anilines is 1. The molecule has 2 rings (SSSR count). The van der Waals surface area contributed by atoms with Crippen molar-refractivity contribution in [3.63, 3.8) is 0 Å². The van der Waals surface area contributed by atoms with Crippen LogP contribution in [0.15, 0.2) is 36.8 Å². The van der Waals surface area contributed by atoms with Gasteiger partial charge in [0, 0.05) is 12.4 Å². The number of aryl methyl sites for hydroxylation is 1. The van der Waals surface area contributed by atoms with E-state index in [-0.39, 0.29) is 11.9 Å². The van der Waals surface area contributed by atoms with Crippen LogP contribution >= 0.6 is 0 Å². The predicted octanol–water partition coefficient (Wildman–Crippen LogP) is 3.10. The average Bonchev–Trinajstić information content (AvgIpc) is 2.34. The molecule has 0 bridgehead atoms. The smallest absolute Gasteiger partial charge is 0.144 e. The van der Waals surface area contributed by atoms with Crippen LogP contribution in [0.3, 0.4) is 0 Å². The van der Waals surface area contributed by atoms with Crippen molar-refractivity contribution in [1.82, 2.24) is 9.97 Å². The van der Waals surface area contributed by atoms with Gasteiger partial charge in [0.05, 0.1) is 12.2 Å². The fraction of sp³-hybridized carbons (Fsp3) is 0.231. The summed E-state index contributed by atoms with van der Waals surface area (Å²) in [6.07, 6.45) is 4.87. The number of nitrogens with zero attached hydrogens (tertiary/aromatic N) is 2. The number of aromatic nitrogens is 2. The summed E-state index contributed by atoms with van der Waals surface area (Å²) in [5.41, 5.74) is 1.54. The van der Waals surface area contributed by atoms with Crippen LogP contribution in [0, 0.1) is 12.7 Å². The Hall–Kier alpha value is -1.97. The standard InChI is InChI=1S/C13H14FN3/c1-9-3-4-11(7-12(9)14)10(2)17-13-8-15-5-6-16-13/h3-8,10H,1-2H3,(H,16,17). The van der Waals surface area contributed by atoms with Gasteiger partial charge in [0.25, 0.3) is 0 Å². The minimum Gasteiger partial charge on any atom is -0.362 e. The molecular weight excluding hydrogens is 217 g/mol. The number of hydrogen-bond acceptors (Lipinski definition) is 3. The van der Waals surface area contributed by atoms with Gasteiger partial charge in [-0.1, -0.05) is 12.1 Å². The lowest BCUT2D eigenvalue weighted by Gasteiger charge is -2.15. The van der Waals surface area contributed by atoms with Crippen LogP contribution in [-0.2, 0) is 0 Å². The minimum absolute atomic E-state index is 0.0122. The third-order valence-corrected chi connectivity index (χ3v) is 2.62. The van der Waals surface area contributed by atoms with E-state index in [0.717, 1.165) is 5.56 Å². The molecule has 1 atom stereocenters. The van der Waals surface area contributed by atoms with Crippen molar-refractivity contribution in [2.24, 2.45) is 0 Å². The van der Waals surface area contributed by atoms with Crippen molar-refractivity contribution in [3.8, 4) is 0 Å². The maximum atomic E-state index is 13.4. The van der Waals surface area contributed by atoms with Gasteiger partial charge in [-0.05, 0) is 31.0 Å². The SMILES string of the molecule is Cc1ccc(C(C)Nc2cnccn2)cc1F. The molecule has 1 N–H and O–H groups in total. The van der Waals surface area contributed by atoms with Gasteiger partial charge >= 0.3 is 0 Å². The molecule has 0 aliphatic rings. The van der Waals surface area contributed by atoms with E-state index in [1.165, 1.54) is 0 Å². The third-order valence-electron chi connectivity index (χ3n) is 2.62. The van der Waals surface area contributed by atoms with Crippen molar-refractivity contribution in [3.05, 3.63) is 53.7 Å². The summed E-state index contributed by atoms with van der Waals surface area (Å²) in [7, 11) is 0. The third kappa shape index (κ3) is 2.78. The molecule has 0 aliphatic heterocycles. The molecule has 0 amide bonds. The molecule has 1 heterocycles. The first kappa shape index (κ1) is 11.5. The zero-order chi connectivity index (χ0) is 12.3. The topological polar surface area (TPSA) is 37.8 Å². The van der Waals surface area contributed by atoms with Crippen molar-refractivity contribution in [1.29, 1.82) is 0 Å². The van der Waals surface area contributed by atoms with E-state index in [2.05, 4.69) is 15.3 Å². The molecule has 17 heavy (non-hydrogen) atoms. The first-order chi connectivity index (χ1) is 8.16. The van der Waals surface area contributed by atoms with Gasteiger partial charge in [-0.2, -0.15) is 0 Å². The minimum atomic E-state index is -0.185. The van der Waals surface area contributed by atoms with Gasteiger partial charge in [0.15, 0.2) is 0 Å². The molecule has 0 fully saturated rings. The summed E-state index contributed by atoms with van der Waals surface area (Å²) in [6, 6.07) is 5.22. The summed E-state index contributed by atoms with van der Waals surface area (Å²) >= 11 is 0. The summed E-state index contributed by atoms with van der Waals surface area (Å²) in [5.74, 6) is 0.497. The van der Waals surface area contributed by atoms with Gasteiger partial charge in [-0.3, -0.25) is 4.98 Å². The van der Waals surface area contributed by atoms with Crippen LogP contribution in [0.25, 0.3) is 0 Å². The van der Waals surface area contributed by atoms with Crippen molar-refractivity contribution in [2.75, 3.05) is 5.32 Å². The zero-order valence-electron chi connectivity index (χ0n) is 9.81. The second-order valence-electron chi connectivity index (χ2n) is 3.97. The Balaban J connectivity index is 2.14. The number of benzene rings is 1. The Morgan fingerprint density at radius 1 is 1.29 bits per heavy atom. The molecule has 0 saturated heterocycles. The molecular formula is C13H14FN3. The lowest BCUT2D eigenvalue weighted by Crippen LogP contribution is -2.08. The van der Waals surface area contributed by atoms with Gasteiger partial charge < -0.3 is 5.32 Å². The predicted molar refractivity (Wildman–Crippen MR) is 65.2 cm³/mol. The van der Waals surface area contributed by atoms with E-state index < -0.39 is 0 Å². The van der Waals surface area contributed by atoms with Crippen LogP contribution in [-0.4, -0.2) is 9.97 Å². The number of nitrogens with one attached hydrogen (secondary N) is 1. The lowest BCUT2D eigenvalue weighted by molar-refractivity contribution is 0.614. The normalized spacial score (nSPS) is 12.2. The Morgan fingerprint density at radius 3 is 2.76 bits per heavy atom. The molecule has 1 aromatic carbocycles. The molecule has 4 heteroatoms. The molecule has 3 nitrogen and oxygen atoms in total. The maximum absolute atomic E-state index is 13.4.